The largest absolute Gasteiger partial charge is 0.467 e. The number of esters is 1. The molecule has 1 aromatic rings. The number of nitrogens with zero attached hydrogens (tertiary/aromatic N) is 1. The number of para-hydroxylation sites is 1. The van der Waals surface area contributed by atoms with Crippen molar-refractivity contribution in [3.05, 3.63) is 41.7 Å². The number of halogens is 2. The molecule has 1 amide bonds. The van der Waals surface area contributed by atoms with Crippen molar-refractivity contribution in [3.8, 4) is 5.75 Å². The van der Waals surface area contributed by atoms with Crippen molar-refractivity contribution < 1.29 is 27.8 Å². The average Bonchev–Trinajstić information content (AvgIpc) is 2.88. The molecule has 0 aromatic heterocycles. The van der Waals surface area contributed by atoms with E-state index in [1.165, 1.54) is 18.1 Å². The van der Waals surface area contributed by atoms with Crippen LogP contribution in [0.25, 0.3) is 0 Å². The third-order valence-corrected chi connectivity index (χ3v) is 3.59. The lowest BCUT2D eigenvalue weighted by Gasteiger charge is -2.27. The molecule has 5 nitrogen and oxygen atoms in total. The normalized spacial score (nSPS) is 15.5. The summed E-state index contributed by atoms with van der Waals surface area (Å²) in [6, 6.07) is 2.56. The highest BCUT2D eigenvalue weighted by atomic mass is 19.1. The molecule has 0 unspecified atom stereocenters. The molecule has 130 valence electrons. The Kier molecular flexibility index (Phi) is 5.54. The van der Waals surface area contributed by atoms with Crippen LogP contribution in [0, 0.1) is 17.6 Å². The summed E-state index contributed by atoms with van der Waals surface area (Å²) in [7, 11) is 1.25. The molecule has 1 aliphatic rings. The van der Waals surface area contributed by atoms with Gasteiger partial charge in [0.25, 0.3) is 5.91 Å². The van der Waals surface area contributed by atoms with E-state index < -0.39 is 35.3 Å². The minimum absolute atomic E-state index is 0.0565. The van der Waals surface area contributed by atoms with Crippen molar-refractivity contribution in [2.75, 3.05) is 13.7 Å². The minimum atomic E-state index is -0.867. The Morgan fingerprint density at radius 3 is 2.46 bits per heavy atom. The molecule has 24 heavy (non-hydrogen) atoms. The molecule has 7 heteroatoms. The summed E-state index contributed by atoms with van der Waals surface area (Å²) >= 11 is 0. The first-order chi connectivity index (χ1) is 11.3. The predicted molar refractivity (Wildman–Crippen MR) is 82.0 cm³/mol. The highest BCUT2D eigenvalue weighted by molar-refractivity contribution is 5.94. The zero-order chi connectivity index (χ0) is 17.9. The smallest absolute Gasteiger partial charge is 0.328 e. The van der Waals surface area contributed by atoms with Crippen molar-refractivity contribution in [2.45, 2.75) is 26.3 Å². The van der Waals surface area contributed by atoms with Gasteiger partial charge in [-0.2, -0.15) is 0 Å². The third kappa shape index (κ3) is 3.90. The van der Waals surface area contributed by atoms with Gasteiger partial charge in [-0.05, 0) is 24.5 Å². The second kappa shape index (κ2) is 7.42. The predicted octanol–water partition coefficient (Wildman–Crippen LogP) is 2.66. The number of methoxy groups -OCH3 is 1. The summed E-state index contributed by atoms with van der Waals surface area (Å²) in [5.41, 5.74) is 0. The summed E-state index contributed by atoms with van der Waals surface area (Å²) in [5, 5.41) is 0. The van der Waals surface area contributed by atoms with Crippen molar-refractivity contribution in [3.63, 3.8) is 0 Å². The molecule has 1 atom stereocenters. The second-order valence-corrected chi connectivity index (χ2v) is 5.90. The van der Waals surface area contributed by atoms with Gasteiger partial charge in [-0.1, -0.05) is 19.9 Å². The Hall–Kier alpha value is -2.44. The molecule has 0 aliphatic carbocycles. The van der Waals surface area contributed by atoms with Crippen LogP contribution >= 0.6 is 0 Å². The number of hydrogen-bond donors (Lipinski definition) is 0. The summed E-state index contributed by atoms with van der Waals surface area (Å²) in [4.78, 5) is 25.4. The molecule has 1 aliphatic heterocycles. The Morgan fingerprint density at radius 2 is 1.92 bits per heavy atom. The summed E-state index contributed by atoms with van der Waals surface area (Å²) in [5.74, 6) is -3.09. The van der Waals surface area contributed by atoms with E-state index in [1.54, 1.807) is 0 Å². The van der Waals surface area contributed by atoms with Gasteiger partial charge in [0.15, 0.2) is 17.4 Å². The van der Waals surface area contributed by atoms with Gasteiger partial charge in [0, 0.05) is 6.08 Å². The molecule has 0 radical (unpaired) electrons. The van der Waals surface area contributed by atoms with Gasteiger partial charge < -0.3 is 14.4 Å². The van der Waals surface area contributed by atoms with Crippen LogP contribution in [0.4, 0.5) is 8.78 Å². The fourth-order valence-corrected chi connectivity index (χ4v) is 2.48. The molecule has 0 fully saturated rings. The van der Waals surface area contributed by atoms with Crippen LogP contribution in [-0.2, 0) is 14.3 Å². The number of hydrogen-bond acceptors (Lipinski definition) is 4. The Balaban J connectivity index is 2.16. The maximum Gasteiger partial charge on any atom is 0.328 e. The van der Waals surface area contributed by atoms with Crippen LogP contribution in [-0.4, -0.2) is 36.5 Å². The van der Waals surface area contributed by atoms with E-state index in [9.17, 15) is 18.4 Å². The molecular weight excluding hydrogens is 320 g/mol. The topological polar surface area (TPSA) is 55.8 Å². The molecule has 1 heterocycles. The van der Waals surface area contributed by atoms with Gasteiger partial charge in [-0.3, -0.25) is 4.79 Å². The molecule has 0 saturated heterocycles. The number of carbonyl (C=O) groups excluding carboxylic acids is 2. The Morgan fingerprint density at radius 1 is 1.29 bits per heavy atom. The van der Waals surface area contributed by atoms with Gasteiger partial charge in [0.05, 0.1) is 13.7 Å². The van der Waals surface area contributed by atoms with Gasteiger partial charge in [0.1, 0.15) is 11.8 Å². The van der Waals surface area contributed by atoms with Crippen LogP contribution in [0.1, 0.15) is 20.3 Å². The molecule has 0 bridgehead atoms. The summed E-state index contributed by atoms with van der Waals surface area (Å²) < 4.78 is 37.2. The standard InChI is InChI=1S/C17H19F2NO4/c1-10(2)7-14(17(22)23-3)20-9-11(8-15(20)21)24-16-12(18)5-4-6-13(16)19/h4-6,8,10,14H,7,9H2,1-3H3/t14-/m0/s1. The average molecular weight is 339 g/mol. The van der Waals surface area contributed by atoms with E-state index >= 15 is 0 Å². The van der Waals surface area contributed by atoms with Crippen LogP contribution < -0.4 is 4.74 Å². The highest BCUT2D eigenvalue weighted by Gasteiger charge is 2.35. The molecule has 0 spiro atoms. The lowest BCUT2D eigenvalue weighted by Crippen LogP contribution is -2.44. The van der Waals surface area contributed by atoms with Gasteiger partial charge >= 0.3 is 5.97 Å². The minimum Gasteiger partial charge on any atom is -0.467 e. The molecule has 0 saturated carbocycles. The molecule has 1 aromatic carbocycles. The third-order valence-electron chi connectivity index (χ3n) is 3.59. The van der Waals surface area contributed by atoms with Crippen molar-refractivity contribution >= 4 is 11.9 Å². The van der Waals surface area contributed by atoms with E-state index in [-0.39, 0.29) is 18.2 Å². The zero-order valence-corrected chi connectivity index (χ0v) is 13.7. The first kappa shape index (κ1) is 17.9. The van der Waals surface area contributed by atoms with E-state index in [0.29, 0.717) is 6.42 Å². The SMILES string of the molecule is COC(=O)[C@H](CC(C)C)N1CC(Oc2c(F)cccc2F)=CC1=O. The molecular formula is C17H19F2NO4. The van der Waals surface area contributed by atoms with Crippen molar-refractivity contribution in [2.24, 2.45) is 5.92 Å². The molecule has 2 rings (SSSR count). The van der Waals surface area contributed by atoms with Gasteiger partial charge in [-0.25, -0.2) is 13.6 Å². The maximum absolute atomic E-state index is 13.6. The second-order valence-electron chi connectivity index (χ2n) is 5.90. The van der Waals surface area contributed by atoms with Crippen molar-refractivity contribution in [1.29, 1.82) is 0 Å². The fourth-order valence-electron chi connectivity index (χ4n) is 2.48. The van der Waals surface area contributed by atoms with Gasteiger partial charge in [0.2, 0.25) is 0 Å². The van der Waals surface area contributed by atoms with Gasteiger partial charge in [-0.15, -0.1) is 0 Å². The highest BCUT2D eigenvalue weighted by Crippen LogP contribution is 2.26. The number of benzene rings is 1. The fraction of sp³-hybridized carbons (Fsp3) is 0.412. The quantitative estimate of drug-likeness (QED) is 0.748. The zero-order valence-electron chi connectivity index (χ0n) is 13.7. The number of amides is 1. The monoisotopic (exact) mass is 339 g/mol. The first-order valence-corrected chi connectivity index (χ1v) is 7.54. The van der Waals surface area contributed by atoms with E-state index in [1.807, 2.05) is 13.8 Å². The van der Waals surface area contributed by atoms with Crippen LogP contribution in [0.5, 0.6) is 5.75 Å². The summed E-state index contributed by atoms with van der Waals surface area (Å²) in [6.45, 7) is 3.77. The van der Waals surface area contributed by atoms with E-state index in [2.05, 4.69) is 0 Å². The number of carbonyl (C=O) groups is 2. The Labute approximate surface area is 138 Å². The van der Waals surface area contributed by atoms with Crippen molar-refractivity contribution in [1.82, 2.24) is 4.90 Å². The number of ether oxygens (including phenoxy) is 2. The maximum atomic E-state index is 13.6. The van der Waals surface area contributed by atoms with E-state index in [0.717, 1.165) is 18.2 Å². The Bertz CT molecular complexity index is 652. The first-order valence-electron chi connectivity index (χ1n) is 7.54. The van der Waals surface area contributed by atoms with Crippen LogP contribution in [0.3, 0.4) is 0 Å². The lowest BCUT2D eigenvalue weighted by atomic mass is 10.0. The lowest BCUT2D eigenvalue weighted by molar-refractivity contribution is -0.151. The van der Waals surface area contributed by atoms with E-state index in [4.69, 9.17) is 9.47 Å². The number of rotatable bonds is 6. The summed E-state index contributed by atoms with van der Waals surface area (Å²) in [6.07, 6.45) is 1.54. The van der Waals surface area contributed by atoms with Crippen LogP contribution in [0.15, 0.2) is 30.0 Å². The van der Waals surface area contributed by atoms with Crippen LogP contribution in [0.2, 0.25) is 0 Å². The molecule has 0 N–H and O–H groups in total.